The van der Waals surface area contributed by atoms with Crippen molar-refractivity contribution < 1.29 is 14.6 Å². The van der Waals surface area contributed by atoms with Gasteiger partial charge < -0.3 is 25.0 Å². The summed E-state index contributed by atoms with van der Waals surface area (Å²) in [5.41, 5.74) is 2.77. The zero-order valence-electron chi connectivity index (χ0n) is 19.7. The van der Waals surface area contributed by atoms with Crippen molar-refractivity contribution in [3.63, 3.8) is 0 Å². The zero-order chi connectivity index (χ0) is 24.4. The predicted octanol–water partition coefficient (Wildman–Crippen LogP) is 4.29. The number of methoxy groups -OCH3 is 1. The number of phenols is 1. The van der Waals surface area contributed by atoms with Crippen molar-refractivity contribution in [3.05, 3.63) is 70.9 Å². The van der Waals surface area contributed by atoms with Gasteiger partial charge in [0.1, 0.15) is 28.5 Å². The summed E-state index contributed by atoms with van der Waals surface area (Å²) in [5, 5.41) is 14.4. The maximum absolute atomic E-state index is 13.4. The van der Waals surface area contributed by atoms with E-state index >= 15 is 0 Å². The lowest BCUT2D eigenvalue weighted by Crippen LogP contribution is -2.48. The van der Waals surface area contributed by atoms with Gasteiger partial charge in [0.2, 0.25) is 0 Å². The predicted molar refractivity (Wildman–Crippen MR) is 139 cm³/mol. The third kappa shape index (κ3) is 4.59. The monoisotopic (exact) mass is 489 g/mol. The molecule has 0 atom stereocenters. The van der Waals surface area contributed by atoms with E-state index in [4.69, 9.17) is 4.74 Å². The molecule has 2 aromatic carbocycles. The van der Waals surface area contributed by atoms with Gasteiger partial charge >= 0.3 is 0 Å². The van der Waals surface area contributed by atoms with Gasteiger partial charge in [-0.05, 0) is 42.3 Å². The molecule has 4 aromatic rings. The van der Waals surface area contributed by atoms with Crippen LogP contribution in [0.4, 0.5) is 11.5 Å². The molecule has 8 nitrogen and oxygen atoms in total. The average Bonchev–Trinajstić information content (AvgIpc) is 3.24. The Morgan fingerprint density at radius 1 is 1.11 bits per heavy atom. The van der Waals surface area contributed by atoms with Crippen LogP contribution in [-0.2, 0) is 6.54 Å². The van der Waals surface area contributed by atoms with Crippen LogP contribution in [0.5, 0.6) is 11.5 Å². The molecule has 0 saturated carbocycles. The van der Waals surface area contributed by atoms with E-state index in [1.165, 1.54) is 17.7 Å². The van der Waals surface area contributed by atoms with E-state index in [9.17, 15) is 9.90 Å². The lowest BCUT2D eigenvalue weighted by Gasteiger charge is -2.36. The number of ether oxygens (including phenoxy) is 1. The number of thiophene rings is 1. The number of benzene rings is 2. The number of phenolic OH excluding ortho intramolecular Hbond substituents is 1. The largest absolute Gasteiger partial charge is 0.506 e. The van der Waals surface area contributed by atoms with E-state index in [1.54, 1.807) is 13.2 Å². The number of piperazine rings is 1. The summed E-state index contributed by atoms with van der Waals surface area (Å²) in [5.74, 6) is 1.80. The summed E-state index contributed by atoms with van der Waals surface area (Å²) in [7, 11) is 1.65. The van der Waals surface area contributed by atoms with Gasteiger partial charge in [-0.3, -0.25) is 4.79 Å². The van der Waals surface area contributed by atoms with Crippen molar-refractivity contribution in [1.29, 1.82) is 0 Å². The second-order valence-electron chi connectivity index (χ2n) is 8.43. The summed E-state index contributed by atoms with van der Waals surface area (Å²) in [6.07, 6.45) is 1.53. The Balaban J connectivity index is 1.32. The standard InChI is InChI=1S/C26H27N5O3S/c1-17-22-24(27-15-18-6-5-7-19(14-18)34-2)28-16-29-25(22)35-23(17)26(33)31-12-10-30(11-13-31)20-8-3-4-9-21(20)32/h3-9,14,16,32H,10-13,15H2,1-2H3,(H,27,28,29). The minimum atomic E-state index is 0.0150. The molecular weight excluding hydrogens is 462 g/mol. The van der Waals surface area contributed by atoms with Gasteiger partial charge in [-0.1, -0.05) is 24.3 Å². The number of fused-ring (bicyclic) bond motifs is 1. The van der Waals surface area contributed by atoms with Gasteiger partial charge in [-0.25, -0.2) is 9.97 Å². The lowest BCUT2D eigenvalue weighted by atomic mass is 10.1. The average molecular weight is 490 g/mol. The molecule has 1 amide bonds. The molecule has 35 heavy (non-hydrogen) atoms. The molecule has 0 radical (unpaired) electrons. The number of aromatic nitrogens is 2. The van der Waals surface area contributed by atoms with Crippen LogP contribution in [0.25, 0.3) is 10.2 Å². The van der Waals surface area contributed by atoms with Crippen LogP contribution < -0.4 is 15.0 Å². The SMILES string of the molecule is COc1cccc(CNc2ncnc3sc(C(=O)N4CCN(c5ccccc5O)CC4)c(C)c23)c1. The maximum atomic E-state index is 13.4. The van der Waals surface area contributed by atoms with Crippen LogP contribution in [0.3, 0.4) is 0 Å². The topological polar surface area (TPSA) is 90.8 Å². The fourth-order valence-electron chi connectivity index (χ4n) is 4.40. The summed E-state index contributed by atoms with van der Waals surface area (Å²) in [6.45, 7) is 5.06. The van der Waals surface area contributed by atoms with E-state index < -0.39 is 0 Å². The second-order valence-corrected chi connectivity index (χ2v) is 9.43. The Bertz CT molecular complexity index is 1360. The molecule has 5 rings (SSSR count). The molecular formula is C26H27N5O3S. The third-order valence-electron chi connectivity index (χ3n) is 6.30. The van der Waals surface area contributed by atoms with Crippen LogP contribution in [0.15, 0.2) is 54.9 Å². The zero-order valence-corrected chi connectivity index (χ0v) is 20.5. The number of carbonyl (C=O) groups excluding carboxylic acids is 1. The Kier molecular flexibility index (Phi) is 6.41. The number of nitrogens with one attached hydrogen (secondary N) is 1. The first-order valence-electron chi connectivity index (χ1n) is 11.5. The number of amides is 1. The lowest BCUT2D eigenvalue weighted by molar-refractivity contribution is 0.0751. The van der Waals surface area contributed by atoms with Gasteiger partial charge in [-0.15, -0.1) is 11.3 Å². The van der Waals surface area contributed by atoms with Crippen molar-refractivity contribution in [2.75, 3.05) is 43.5 Å². The third-order valence-corrected chi connectivity index (χ3v) is 7.49. The quantitative estimate of drug-likeness (QED) is 0.418. The van der Waals surface area contributed by atoms with Gasteiger partial charge in [0, 0.05) is 32.7 Å². The van der Waals surface area contributed by atoms with Crippen LogP contribution in [-0.4, -0.2) is 59.2 Å². The fraction of sp³-hybridized carbons (Fsp3) is 0.269. The molecule has 2 N–H and O–H groups in total. The summed E-state index contributed by atoms with van der Waals surface area (Å²) in [6, 6.07) is 15.2. The first kappa shape index (κ1) is 22.9. The Hall–Kier alpha value is -3.85. The summed E-state index contributed by atoms with van der Waals surface area (Å²) < 4.78 is 5.31. The molecule has 3 heterocycles. The van der Waals surface area contributed by atoms with Crippen LogP contribution in [0.2, 0.25) is 0 Å². The van der Waals surface area contributed by atoms with E-state index in [2.05, 4.69) is 20.2 Å². The number of rotatable bonds is 6. The highest BCUT2D eigenvalue weighted by molar-refractivity contribution is 7.20. The van der Waals surface area contributed by atoms with E-state index in [0.29, 0.717) is 37.6 Å². The number of anilines is 2. The molecule has 2 aromatic heterocycles. The molecule has 1 aliphatic heterocycles. The molecule has 0 unspecified atom stereocenters. The van der Waals surface area contributed by atoms with Crippen molar-refractivity contribution in [2.24, 2.45) is 0 Å². The number of para-hydroxylation sites is 2. The Labute approximate surface area is 207 Å². The smallest absolute Gasteiger partial charge is 0.264 e. The molecule has 0 bridgehead atoms. The van der Waals surface area contributed by atoms with E-state index in [1.807, 2.05) is 54.3 Å². The Morgan fingerprint density at radius 2 is 1.91 bits per heavy atom. The van der Waals surface area contributed by atoms with Crippen molar-refractivity contribution in [3.8, 4) is 11.5 Å². The number of hydrogen-bond acceptors (Lipinski definition) is 8. The number of aryl methyl sites for hydroxylation is 1. The highest BCUT2D eigenvalue weighted by Crippen LogP contribution is 2.35. The molecule has 0 aliphatic carbocycles. The number of hydrogen-bond donors (Lipinski definition) is 2. The van der Waals surface area contributed by atoms with Gasteiger partial charge in [0.15, 0.2) is 0 Å². The van der Waals surface area contributed by atoms with Crippen molar-refractivity contribution in [2.45, 2.75) is 13.5 Å². The van der Waals surface area contributed by atoms with Gasteiger partial charge in [0.25, 0.3) is 5.91 Å². The molecule has 1 fully saturated rings. The minimum Gasteiger partial charge on any atom is -0.506 e. The molecule has 1 saturated heterocycles. The van der Waals surface area contributed by atoms with Crippen molar-refractivity contribution >= 4 is 39.0 Å². The first-order valence-corrected chi connectivity index (χ1v) is 12.3. The van der Waals surface area contributed by atoms with Crippen molar-refractivity contribution in [1.82, 2.24) is 14.9 Å². The van der Waals surface area contributed by atoms with E-state index in [-0.39, 0.29) is 11.7 Å². The molecule has 9 heteroatoms. The maximum Gasteiger partial charge on any atom is 0.264 e. The fourth-order valence-corrected chi connectivity index (χ4v) is 5.52. The minimum absolute atomic E-state index is 0.0150. The normalized spacial score (nSPS) is 13.8. The highest BCUT2D eigenvalue weighted by Gasteiger charge is 2.27. The first-order chi connectivity index (χ1) is 17.0. The summed E-state index contributed by atoms with van der Waals surface area (Å²) in [4.78, 5) is 27.8. The molecule has 180 valence electrons. The van der Waals surface area contributed by atoms with Gasteiger partial charge in [-0.2, -0.15) is 0 Å². The van der Waals surface area contributed by atoms with Crippen LogP contribution >= 0.6 is 11.3 Å². The molecule has 1 aliphatic rings. The van der Waals surface area contributed by atoms with Crippen LogP contribution in [0.1, 0.15) is 20.8 Å². The Morgan fingerprint density at radius 3 is 2.69 bits per heavy atom. The number of nitrogens with zero attached hydrogens (tertiary/aromatic N) is 4. The van der Waals surface area contributed by atoms with Crippen LogP contribution in [0, 0.1) is 6.92 Å². The van der Waals surface area contributed by atoms with Gasteiger partial charge in [0.05, 0.1) is 23.1 Å². The second kappa shape index (κ2) is 9.79. The summed E-state index contributed by atoms with van der Waals surface area (Å²) >= 11 is 1.41. The number of carbonyl (C=O) groups is 1. The highest BCUT2D eigenvalue weighted by atomic mass is 32.1. The molecule has 0 spiro atoms. The number of aromatic hydroxyl groups is 1. The van der Waals surface area contributed by atoms with E-state index in [0.717, 1.165) is 38.6 Å².